The van der Waals surface area contributed by atoms with E-state index in [4.69, 9.17) is 5.73 Å². The Morgan fingerprint density at radius 3 is 2.27 bits per heavy atom. The third-order valence-corrected chi connectivity index (χ3v) is 3.66. The normalized spacial score (nSPS) is 12.5. The zero-order valence-electron chi connectivity index (χ0n) is 14.2. The van der Waals surface area contributed by atoms with Crippen LogP contribution in [0.1, 0.15) is 46.4 Å². The highest BCUT2D eigenvalue weighted by Gasteiger charge is 2.23. The second-order valence-electron chi connectivity index (χ2n) is 6.76. The van der Waals surface area contributed by atoms with Crippen LogP contribution < -0.4 is 17.0 Å². The highest BCUT2D eigenvalue weighted by molar-refractivity contribution is 5.71. The molecule has 22 heavy (non-hydrogen) atoms. The van der Waals surface area contributed by atoms with Crippen molar-refractivity contribution < 1.29 is 0 Å². The third kappa shape index (κ3) is 2.61. The first-order valence-corrected chi connectivity index (χ1v) is 7.57. The fraction of sp³-hybridized carbons (Fsp3) is 0.667. The molecule has 2 N–H and O–H groups in total. The summed E-state index contributed by atoms with van der Waals surface area (Å²) in [6.07, 6.45) is 0. The Kier molecular flexibility index (Phi) is 4.04. The Morgan fingerprint density at radius 1 is 1.23 bits per heavy atom. The summed E-state index contributed by atoms with van der Waals surface area (Å²) in [4.78, 5) is 29.8. The number of imidazole rings is 1. The van der Waals surface area contributed by atoms with E-state index in [0.29, 0.717) is 17.7 Å². The van der Waals surface area contributed by atoms with Crippen LogP contribution in [0.4, 0.5) is 0 Å². The van der Waals surface area contributed by atoms with Crippen molar-refractivity contribution in [3.63, 3.8) is 0 Å². The van der Waals surface area contributed by atoms with Crippen molar-refractivity contribution in [1.29, 1.82) is 0 Å². The number of fused-ring (bicyclic) bond motifs is 1. The maximum atomic E-state index is 12.8. The van der Waals surface area contributed by atoms with E-state index in [1.807, 2.05) is 25.3 Å². The van der Waals surface area contributed by atoms with Crippen molar-refractivity contribution in [1.82, 2.24) is 18.7 Å². The van der Waals surface area contributed by atoms with Crippen LogP contribution in [-0.4, -0.2) is 24.2 Å². The summed E-state index contributed by atoms with van der Waals surface area (Å²) >= 11 is 0. The van der Waals surface area contributed by atoms with Crippen LogP contribution in [0.2, 0.25) is 0 Å². The molecule has 7 nitrogen and oxygen atoms in total. The summed E-state index contributed by atoms with van der Waals surface area (Å²) in [6, 6.07) is 0. The number of nitrogens with zero attached hydrogens (tertiary/aromatic N) is 4. The minimum absolute atomic E-state index is 0.167. The fourth-order valence-electron chi connectivity index (χ4n) is 2.70. The Hall–Kier alpha value is -1.89. The fourth-order valence-corrected chi connectivity index (χ4v) is 2.70. The summed E-state index contributed by atoms with van der Waals surface area (Å²) in [5, 5.41) is 0. The highest BCUT2D eigenvalue weighted by atomic mass is 16.2. The Balaban J connectivity index is 2.93. The van der Waals surface area contributed by atoms with Crippen molar-refractivity contribution >= 4 is 11.2 Å². The van der Waals surface area contributed by atoms with Gasteiger partial charge in [0.25, 0.3) is 5.56 Å². The highest BCUT2D eigenvalue weighted by Crippen LogP contribution is 2.18. The van der Waals surface area contributed by atoms with Crippen molar-refractivity contribution in [2.75, 3.05) is 0 Å². The van der Waals surface area contributed by atoms with E-state index in [9.17, 15) is 9.59 Å². The second-order valence-corrected chi connectivity index (χ2v) is 6.76. The topological polar surface area (TPSA) is 87.8 Å². The van der Waals surface area contributed by atoms with Crippen molar-refractivity contribution in [2.24, 2.45) is 12.8 Å². The van der Waals surface area contributed by atoms with Gasteiger partial charge in [0.15, 0.2) is 11.2 Å². The molecule has 0 amide bonds. The monoisotopic (exact) mass is 307 g/mol. The van der Waals surface area contributed by atoms with E-state index < -0.39 is 5.54 Å². The van der Waals surface area contributed by atoms with Crippen molar-refractivity contribution in [3.05, 3.63) is 26.7 Å². The molecule has 122 valence electrons. The summed E-state index contributed by atoms with van der Waals surface area (Å²) < 4.78 is 4.53. The number of nitrogens with two attached hydrogens (primary N) is 1. The lowest BCUT2D eigenvalue weighted by Gasteiger charge is -2.20. The number of hydrogen-bond acceptors (Lipinski definition) is 4. The van der Waals surface area contributed by atoms with Crippen LogP contribution in [0.3, 0.4) is 0 Å². The van der Waals surface area contributed by atoms with Gasteiger partial charge in [-0.3, -0.25) is 13.9 Å². The van der Waals surface area contributed by atoms with Gasteiger partial charge in [0, 0.05) is 31.6 Å². The Labute approximate surface area is 129 Å². The summed E-state index contributed by atoms with van der Waals surface area (Å²) in [6.45, 7) is 10.4. The third-order valence-electron chi connectivity index (χ3n) is 3.66. The molecule has 0 saturated heterocycles. The summed E-state index contributed by atoms with van der Waals surface area (Å²) in [5.74, 6) is 0.982. The molecule has 0 radical (unpaired) electrons. The molecule has 2 aromatic rings. The molecule has 2 aromatic heterocycles. The standard InChI is InChI=1S/C15H25N5O2/c1-7-19-10-12(17-11(19)9(2)3)18(6)14(22)20(13(10)21)8-15(4,5)16/h9H,7-8,16H2,1-6H3. The molecule has 0 fully saturated rings. The van der Waals surface area contributed by atoms with Gasteiger partial charge >= 0.3 is 5.69 Å². The predicted octanol–water partition coefficient (Wildman–Crippen LogP) is 0.777. The lowest BCUT2D eigenvalue weighted by atomic mass is 10.1. The Bertz CT molecular complexity index is 818. The molecule has 2 heterocycles. The molecule has 0 saturated carbocycles. The van der Waals surface area contributed by atoms with Gasteiger partial charge in [-0.2, -0.15) is 0 Å². The lowest BCUT2D eigenvalue weighted by Crippen LogP contribution is -2.48. The molecule has 0 aliphatic heterocycles. The van der Waals surface area contributed by atoms with Gasteiger partial charge in [0.1, 0.15) is 5.82 Å². The van der Waals surface area contributed by atoms with Crippen LogP contribution in [0, 0.1) is 0 Å². The van der Waals surface area contributed by atoms with Crippen LogP contribution >= 0.6 is 0 Å². The molecule has 0 aliphatic carbocycles. The van der Waals surface area contributed by atoms with Crippen LogP contribution in [0.5, 0.6) is 0 Å². The van der Waals surface area contributed by atoms with E-state index in [2.05, 4.69) is 4.98 Å². The maximum absolute atomic E-state index is 12.8. The SMILES string of the molecule is CCn1c(C(C)C)nc2c1c(=O)n(CC(C)(C)N)c(=O)n2C. The molecule has 0 bridgehead atoms. The van der Waals surface area contributed by atoms with E-state index in [1.165, 1.54) is 9.13 Å². The first kappa shape index (κ1) is 16.5. The van der Waals surface area contributed by atoms with Crippen LogP contribution in [-0.2, 0) is 20.1 Å². The van der Waals surface area contributed by atoms with Crippen molar-refractivity contribution in [2.45, 2.75) is 59.2 Å². The predicted molar refractivity (Wildman–Crippen MR) is 87.3 cm³/mol. The first-order chi connectivity index (χ1) is 10.1. The number of rotatable bonds is 4. The average molecular weight is 307 g/mol. The van der Waals surface area contributed by atoms with Gasteiger partial charge in [-0.25, -0.2) is 9.78 Å². The number of aromatic nitrogens is 4. The van der Waals surface area contributed by atoms with E-state index in [0.717, 1.165) is 5.82 Å². The van der Waals surface area contributed by atoms with Gasteiger partial charge in [0.2, 0.25) is 0 Å². The van der Waals surface area contributed by atoms with Crippen molar-refractivity contribution in [3.8, 4) is 0 Å². The molecule has 0 unspecified atom stereocenters. The van der Waals surface area contributed by atoms with E-state index in [-0.39, 0.29) is 23.7 Å². The van der Waals surface area contributed by atoms with Crippen LogP contribution in [0.15, 0.2) is 9.59 Å². The quantitative estimate of drug-likeness (QED) is 0.904. The minimum atomic E-state index is -0.651. The van der Waals surface area contributed by atoms with E-state index >= 15 is 0 Å². The Morgan fingerprint density at radius 2 is 1.82 bits per heavy atom. The molecular formula is C15H25N5O2. The number of hydrogen-bond donors (Lipinski definition) is 1. The van der Waals surface area contributed by atoms with Gasteiger partial charge in [0.05, 0.1) is 0 Å². The van der Waals surface area contributed by atoms with E-state index in [1.54, 1.807) is 20.9 Å². The molecular weight excluding hydrogens is 282 g/mol. The van der Waals surface area contributed by atoms with Gasteiger partial charge in [-0.05, 0) is 20.8 Å². The first-order valence-electron chi connectivity index (χ1n) is 7.57. The average Bonchev–Trinajstić information content (AvgIpc) is 2.80. The molecule has 2 rings (SSSR count). The van der Waals surface area contributed by atoms with Gasteiger partial charge in [-0.1, -0.05) is 13.8 Å². The van der Waals surface area contributed by atoms with Gasteiger partial charge < -0.3 is 10.3 Å². The molecule has 0 aliphatic rings. The smallest absolute Gasteiger partial charge is 0.324 e. The lowest BCUT2D eigenvalue weighted by molar-refractivity contribution is 0.411. The maximum Gasteiger partial charge on any atom is 0.332 e. The molecule has 0 spiro atoms. The molecule has 7 heteroatoms. The van der Waals surface area contributed by atoms with Gasteiger partial charge in [-0.15, -0.1) is 0 Å². The number of aryl methyl sites for hydroxylation is 2. The summed E-state index contributed by atoms with van der Waals surface area (Å²) in [7, 11) is 1.64. The molecule has 0 atom stereocenters. The largest absolute Gasteiger partial charge is 0.332 e. The second kappa shape index (κ2) is 5.39. The minimum Gasteiger partial charge on any atom is -0.324 e. The zero-order valence-corrected chi connectivity index (χ0v) is 14.2. The molecule has 0 aromatic carbocycles. The van der Waals surface area contributed by atoms with Crippen LogP contribution in [0.25, 0.3) is 11.2 Å². The zero-order chi connectivity index (χ0) is 16.8. The summed E-state index contributed by atoms with van der Waals surface area (Å²) in [5.41, 5.74) is 5.54.